The van der Waals surface area contributed by atoms with Crippen LogP contribution in [-0.2, 0) is 4.79 Å². The van der Waals surface area contributed by atoms with Crippen molar-refractivity contribution >= 4 is 23.5 Å². The summed E-state index contributed by atoms with van der Waals surface area (Å²) in [6.07, 6.45) is 1.48. The molecule has 6 heteroatoms. The summed E-state index contributed by atoms with van der Waals surface area (Å²) in [6, 6.07) is 9.94. The third-order valence-corrected chi connectivity index (χ3v) is 5.21. The number of fused-ring (bicyclic) bond motifs is 1. The third kappa shape index (κ3) is 2.55. The fourth-order valence-electron chi connectivity index (χ4n) is 3.52. The fourth-order valence-corrected chi connectivity index (χ4v) is 4.08. The Labute approximate surface area is 145 Å². The maximum absolute atomic E-state index is 12.8. The molecule has 0 bridgehead atoms. The molecule has 0 spiro atoms. The van der Waals surface area contributed by atoms with Crippen LogP contribution in [0.25, 0.3) is 0 Å². The normalized spacial score (nSPS) is 22.8. The highest BCUT2D eigenvalue weighted by Gasteiger charge is 2.38. The van der Waals surface area contributed by atoms with Crippen LogP contribution in [-0.4, -0.2) is 26.3 Å². The highest BCUT2D eigenvalue weighted by atomic mass is 32.2. The van der Waals surface area contributed by atoms with E-state index in [1.165, 1.54) is 0 Å². The van der Waals surface area contributed by atoms with Crippen LogP contribution in [0.5, 0.6) is 0 Å². The van der Waals surface area contributed by atoms with Crippen molar-refractivity contribution in [1.82, 2.24) is 14.8 Å². The molecular weight excluding hydrogens is 320 g/mol. The lowest BCUT2D eigenvalue weighted by atomic mass is 9.81. The number of thioether (sulfide) groups is 1. The molecule has 2 heterocycles. The van der Waals surface area contributed by atoms with Gasteiger partial charge in [0.25, 0.3) is 0 Å². The first kappa shape index (κ1) is 15.4. The maximum Gasteiger partial charge on any atom is 0.227 e. The maximum atomic E-state index is 12.8. The third-order valence-electron chi connectivity index (χ3n) is 4.49. The van der Waals surface area contributed by atoms with E-state index in [0.717, 1.165) is 40.1 Å². The van der Waals surface area contributed by atoms with Crippen molar-refractivity contribution in [2.75, 3.05) is 11.1 Å². The second-order valence-corrected chi connectivity index (χ2v) is 7.59. The van der Waals surface area contributed by atoms with E-state index >= 15 is 0 Å². The molecule has 2 aromatic rings. The average molecular weight is 340 g/mol. The fraction of sp³-hybridized carbons (Fsp3) is 0.389. The molecule has 0 fully saturated rings. The topological polar surface area (TPSA) is 59.8 Å². The van der Waals surface area contributed by atoms with Gasteiger partial charge in [-0.2, -0.15) is 4.98 Å². The number of carbonyl (C=O) groups excluding carboxylic acids is 1. The second kappa shape index (κ2) is 6.09. The second-order valence-electron chi connectivity index (χ2n) is 6.36. The van der Waals surface area contributed by atoms with Gasteiger partial charge in [-0.05, 0) is 23.7 Å². The number of rotatable bonds is 3. The molecule has 1 aliphatic heterocycles. The van der Waals surface area contributed by atoms with Crippen LogP contribution in [0.1, 0.15) is 38.3 Å². The van der Waals surface area contributed by atoms with Crippen molar-refractivity contribution < 1.29 is 4.79 Å². The van der Waals surface area contributed by atoms with Crippen molar-refractivity contribution in [3.63, 3.8) is 0 Å². The highest BCUT2D eigenvalue weighted by Crippen LogP contribution is 2.41. The minimum atomic E-state index is -0.184. The number of benzene rings is 1. The summed E-state index contributed by atoms with van der Waals surface area (Å²) in [5.74, 6) is 2.23. The summed E-state index contributed by atoms with van der Waals surface area (Å²) < 4.78 is 1.88. The Bertz CT molecular complexity index is 812. The molecule has 24 heavy (non-hydrogen) atoms. The smallest absolute Gasteiger partial charge is 0.227 e. The van der Waals surface area contributed by atoms with E-state index in [4.69, 9.17) is 0 Å². The minimum Gasteiger partial charge on any atom is -0.328 e. The molecule has 2 atom stereocenters. The van der Waals surface area contributed by atoms with Crippen LogP contribution in [0.15, 0.2) is 46.8 Å². The Morgan fingerprint density at radius 1 is 1.29 bits per heavy atom. The van der Waals surface area contributed by atoms with Gasteiger partial charge >= 0.3 is 0 Å². The molecular formula is C18H20N4OS. The zero-order valence-electron chi connectivity index (χ0n) is 13.8. The standard InChI is InChI=1S/C18H20N4OS/c1-3-24-18-20-17-19-13-9-11(2)10-14(23)15(13)16(22(17)21-18)12-7-5-4-6-8-12/h4-8,11,16H,3,9-10H2,1-2H3,(H,19,20,21)/t11-,16+/m1/s1. The molecule has 124 valence electrons. The summed E-state index contributed by atoms with van der Waals surface area (Å²) >= 11 is 1.61. The van der Waals surface area contributed by atoms with E-state index in [2.05, 4.69) is 41.4 Å². The largest absolute Gasteiger partial charge is 0.328 e. The van der Waals surface area contributed by atoms with Gasteiger partial charge < -0.3 is 5.32 Å². The first-order chi connectivity index (χ1) is 11.7. The molecule has 4 rings (SSSR count). The molecule has 0 unspecified atom stereocenters. The van der Waals surface area contributed by atoms with Crippen molar-refractivity contribution in [1.29, 1.82) is 0 Å². The van der Waals surface area contributed by atoms with E-state index < -0.39 is 0 Å². The van der Waals surface area contributed by atoms with Gasteiger partial charge in [0, 0.05) is 17.7 Å². The molecule has 0 radical (unpaired) electrons. The van der Waals surface area contributed by atoms with Crippen LogP contribution < -0.4 is 5.32 Å². The van der Waals surface area contributed by atoms with Crippen LogP contribution in [0.2, 0.25) is 0 Å². The molecule has 1 aliphatic carbocycles. The number of nitrogens with zero attached hydrogens (tertiary/aromatic N) is 3. The zero-order chi connectivity index (χ0) is 16.7. The Morgan fingerprint density at radius 2 is 2.08 bits per heavy atom. The number of carbonyl (C=O) groups is 1. The van der Waals surface area contributed by atoms with E-state index in [1.54, 1.807) is 11.8 Å². The number of ketones is 1. The summed E-state index contributed by atoms with van der Waals surface area (Å²) in [4.78, 5) is 17.4. The summed E-state index contributed by atoms with van der Waals surface area (Å²) in [6.45, 7) is 4.21. The van der Waals surface area contributed by atoms with Gasteiger partial charge in [0.1, 0.15) is 6.04 Å². The lowest BCUT2D eigenvalue weighted by Crippen LogP contribution is -2.33. The summed E-state index contributed by atoms with van der Waals surface area (Å²) in [5, 5.41) is 8.79. The van der Waals surface area contributed by atoms with Gasteiger partial charge in [0.2, 0.25) is 11.1 Å². The summed E-state index contributed by atoms with van der Waals surface area (Å²) in [5.41, 5.74) is 2.94. The van der Waals surface area contributed by atoms with Crippen molar-refractivity contribution in [2.24, 2.45) is 5.92 Å². The monoisotopic (exact) mass is 340 g/mol. The van der Waals surface area contributed by atoms with Gasteiger partial charge in [0.15, 0.2) is 5.78 Å². The Balaban J connectivity index is 1.87. The lowest BCUT2D eigenvalue weighted by Gasteiger charge is -2.34. The predicted molar refractivity (Wildman–Crippen MR) is 95.1 cm³/mol. The van der Waals surface area contributed by atoms with Crippen molar-refractivity contribution in [3.8, 4) is 0 Å². The van der Waals surface area contributed by atoms with Crippen molar-refractivity contribution in [3.05, 3.63) is 47.2 Å². The molecule has 0 amide bonds. The van der Waals surface area contributed by atoms with Crippen LogP contribution in [0.4, 0.5) is 5.95 Å². The number of hydrogen-bond donors (Lipinski definition) is 1. The molecule has 0 saturated heterocycles. The SMILES string of the molecule is CCSc1nc2n(n1)[C@@H](c1ccccc1)C1=C(C[C@@H](C)CC1=O)N2. The summed E-state index contributed by atoms with van der Waals surface area (Å²) in [7, 11) is 0. The van der Waals surface area contributed by atoms with Crippen LogP contribution in [0.3, 0.4) is 0 Å². The Hall–Kier alpha value is -2.08. The quantitative estimate of drug-likeness (QED) is 0.864. The number of aromatic nitrogens is 3. The van der Waals surface area contributed by atoms with E-state index in [1.807, 2.05) is 22.9 Å². The zero-order valence-corrected chi connectivity index (χ0v) is 14.6. The number of hydrogen-bond acceptors (Lipinski definition) is 5. The van der Waals surface area contributed by atoms with Crippen LogP contribution in [0, 0.1) is 5.92 Å². The first-order valence-corrected chi connectivity index (χ1v) is 9.33. The highest BCUT2D eigenvalue weighted by molar-refractivity contribution is 7.99. The molecule has 0 saturated carbocycles. The number of Topliss-reactive ketones (excluding diaryl/α,β-unsaturated/α-hetero) is 1. The molecule has 1 N–H and O–H groups in total. The molecule has 5 nitrogen and oxygen atoms in total. The van der Waals surface area contributed by atoms with Gasteiger partial charge in [-0.3, -0.25) is 4.79 Å². The molecule has 2 aliphatic rings. The first-order valence-electron chi connectivity index (χ1n) is 8.35. The molecule has 1 aromatic heterocycles. The number of allylic oxidation sites excluding steroid dienone is 2. The predicted octanol–water partition coefficient (Wildman–Crippen LogP) is 3.66. The number of anilines is 1. The minimum absolute atomic E-state index is 0.184. The Morgan fingerprint density at radius 3 is 2.83 bits per heavy atom. The number of nitrogens with one attached hydrogen (secondary N) is 1. The van der Waals surface area contributed by atoms with E-state index in [0.29, 0.717) is 12.3 Å². The van der Waals surface area contributed by atoms with E-state index in [9.17, 15) is 4.79 Å². The van der Waals surface area contributed by atoms with Crippen LogP contribution >= 0.6 is 11.8 Å². The van der Waals surface area contributed by atoms with Gasteiger partial charge in [-0.25, -0.2) is 4.68 Å². The van der Waals surface area contributed by atoms with Gasteiger partial charge in [0.05, 0.1) is 0 Å². The van der Waals surface area contributed by atoms with Gasteiger partial charge in [-0.1, -0.05) is 55.9 Å². The van der Waals surface area contributed by atoms with Gasteiger partial charge in [-0.15, -0.1) is 5.10 Å². The lowest BCUT2D eigenvalue weighted by molar-refractivity contribution is -0.117. The average Bonchev–Trinajstić information content (AvgIpc) is 2.95. The Kier molecular flexibility index (Phi) is 3.92. The van der Waals surface area contributed by atoms with E-state index in [-0.39, 0.29) is 11.8 Å². The van der Waals surface area contributed by atoms with Crippen molar-refractivity contribution in [2.45, 2.75) is 37.9 Å². The molecule has 1 aromatic carbocycles.